The minimum absolute atomic E-state index is 0.0927. The van der Waals surface area contributed by atoms with E-state index in [1.807, 2.05) is 66.0 Å². The monoisotopic (exact) mass is 448 g/mol. The maximum Gasteiger partial charge on any atom is 0.234 e. The maximum atomic E-state index is 12.6. The van der Waals surface area contributed by atoms with Crippen molar-refractivity contribution in [3.8, 4) is 22.2 Å². The van der Waals surface area contributed by atoms with Gasteiger partial charge in [-0.05, 0) is 48.6 Å². The molecular formula is C23H20N4O2S2. The van der Waals surface area contributed by atoms with E-state index in [1.54, 1.807) is 11.3 Å². The van der Waals surface area contributed by atoms with Crippen molar-refractivity contribution in [1.82, 2.24) is 14.8 Å². The number of hydrogen-bond acceptors (Lipinski definition) is 6. The average molecular weight is 449 g/mol. The van der Waals surface area contributed by atoms with E-state index in [9.17, 15) is 4.79 Å². The van der Waals surface area contributed by atoms with Gasteiger partial charge in [0, 0.05) is 17.8 Å². The molecule has 1 amide bonds. The Morgan fingerprint density at radius 1 is 1.06 bits per heavy atom. The fourth-order valence-electron chi connectivity index (χ4n) is 3.20. The van der Waals surface area contributed by atoms with Gasteiger partial charge in [0.15, 0.2) is 11.0 Å². The lowest BCUT2D eigenvalue weighted by Crippen LogP contribution is -2.14. The number of carbonyl (C=O) groups excluding carboxylic acids is 1. The summed E-state index contributed by atoms with van der Waals surface area (Å²) in [5, 5.41) is 14.5. The molecule has 6 nitrogen and oxygen atoms in total. The molecule has 1 aliphatic rings. The van der Waals surface area contributed by atoms with E-state index < -0.39 is 0 Å². The number of aromatic nitrogens is 3. The van der Waals surface area contributed by atoms with Crippen LogP contribution in [-0.4, -0.2) is 26.4 Å². The molecule has 8 heteroatoms. The molecule has 4 aromatic rings. The Bertz CT molecular complexity index is 1170. The second kappa shape index (κ2) is 8.95. The van der Waals surface area contributed by atoms with E-state index in [2.05, 4.69) is 26.1 Å². The summed E-state index contributed by atoms with van der Waals surface area (Å²) < 4.78 is 8.02. The lowest BCUT2D eigenvalue weighted by molar-refractivity contribution is -0.113. The maximum absolute atomic E-state index is 12.6. The summed E-state index contributed by atoms with van der Waals surface area (Å²) in [4.78, 5) is 13.7. The van der Waals surface area contributed by atoms with Crippen molar-refractivity contribution in [3.05, 3.63) is 72.1 Å². The first-order chi connectivity index (χ1) is 15.3. The van der Waals surface area contributed by atoms with Crippen LogP contribution < -0.4 is 10.1 Å². The molecule has 5 rings (SSSR count). The van der Waals surface area contributed by atoms with Gasteiger partial charge >= 0.3 is 0 Å². The van der Waals surface area contributed by atoms with Crippen LogP contribution in [0.15, 0.2) is 77.3 Å². The molecule has 1 aliphatic carbocycles. The van der Waals surface area contributed by atoms with E-state index in [4.69, 9.17) is 4.74 Å². The van der Waals surface area contributed by atoms with E-state index in [0.29, 0.717) is 17.5 Å². The third-order valence-electron chi connectivity index (χ3n) is 4.75. The van der Waals surface area contributed by atoms with Gasteiger partial charge in [0.25, 0.3) is 0 Å². The van der Waals surface area contributed by atoms with Crippen molar-refractivity contribution < 1.29 is 9.53 Å². The van der Waals surface area contributed by atoms with Crippen LogP contribution in [0.1, 0.15) is 18.9 Å². The summed E-state index contributed by atoms with van der Waals surface area (Å²) in [7, 11) is 0. The quantitative estimate of drug-likeness (QED) is 0.342. The van der Waals surface area contributed by atoms with Gasteiger partial charge in [-0.15, -0.1) is 21.5 Å². The Hall–Kier alpha value is -3.10. The largest absolute Gasteiger partial charge is 0.457 e. The van der Waals surface area contributed by atoms with Gasteiger partial charge in [-0.3, -0.25) is 9.36 Å². The fourth-order valence-corrected chi connectivity index (χ4v) is 4.71. The Balaban J connectivity index is 1.23. The molecule has 1 saturated carbocycles. The Kier molecular flexibility index (Phi) is 5.73. The van der Waals surface area contributed by atoms with Gasteiger partial charge in [-0.2, -0.15) is 0 Å². The predicted octanol–water partition coefficient (Wildman–Crippen LogP) is 5.86. The van der Waals surface area contributed by atoms with Gasteiger partial charge < -0.3 is 10.1 Å². The van der Waals surface area contributed by atoms with E-state index in [0.717, 1.165) is 34.4 Å². The number of nitrogens with zero attached hydrogens (tertiary/aromatic N) is 3. The third-order valence-corrected chi connectivity index (χ3v) is 6.56. The van der Waals surface area contributed by atoms with Crippen LogP contribution in [0.5, 0.6) is 11.5 Å². The van der Waals surface area contributed by atoms with Crippen molar-refractivity contribution in [3.63, 3.8) is 0 Å². The van der Waals surface area contributed by atoms with Crippen LogP contribution in [0.3, 0.4) is 0 Å². The Morgan fingerprint density at radius 2 is 1.90 bits per heavy atom. The van der Waals surface area contributed by atoms with Crippen LogP contribution in [-0.2, 0) is 4.79 Å². The lowest BCUT2D eigenvalue weighted by atomic mass is 10.3. The smallest absolute Gasteiger partial charge is 0.234 e. The zero-order chi connectivity index (χ0) is 21.0. The minimum atomic E-state index is -0.0927. The van der Waals surface area contributed by atoms with Crippen molar-refractivity contribution in [2.24, 2.45) is 0 Å². The summed E-state index contributed by atoms with van der Waals surface area (Å²) in [5.74, 6) is 2.49. The summed E-state index contributed by atoms with van der Waals surface area (Å²) in [6, 6.07) is 21.5. The molecule has 0 saturated heterocycles. The van der Waals surface area contributed by atoms with Gasteiger partial charge in [0.1, 0.15) is 11.5 Å². The first-order valence-electron chi connectivity index (χ1n) is 10.0. The molecule has 0 unspecified atom stereocenters. The molecule has 156 valence electrons. The molecule has 31 heavy (non-hydrogen) atoms. The average Bonchev–Trinajstić information content (AvgIpc) is 3.30. The van der Waals surface area contributed by atoms with Gasteiger partial charge in [0.2, 0.25) is 5.91 Å². The molecule has 0 bridgehead atoms. The number of amides is 1. The number of carbonyl (C=O) groups is 1. The molecule has 1 fully saturated rings. The Morgan fingerprint density at radius 3 is 2.68 bits per heavy atom. The molecule has 0 aliphatic heterocycles. The Labute approximate surface area is 188 Å². The fraction of sp³-hybridized carbons (Fsp3) is 0.174. The first kappa shape index (κ1) is 19.8. The summed E-state index contributed by atoms with van der Waals surface area (Å²) >= 11 is 3.07. The number of thioether (sulfide) groups is 1. The van der Waals surface area contributed by atoms with Crippen LogP contribution in [0.2, 0.25) is 0 Å². The molecule has 2 aromatic carbocycles. The van der Waals surface area contributed by atoms with Gasteiger partial charge in [0.05, 0.1) is 10.6 Å². The number of rotatable bonds is 8. The number of anilines is 1. The standard InChI is InChI=1S/C23H20N4O2S2/c28-21(24-16-6-4-9-19(14-16)29-18-7-2-1-3-8-18)15-31-23-26-25-22(20-10-5-13-30-20)27(23)17-11-12-17/h1-10,13-14,17H,11-12,15H2,(H,24,28). The van der Waals surface area contributed by atoms with Crippen LogP contribution in [0.25, 0.3) is 10.7 Å². The summed E-state index contributed by atoms with van der Waals surface area (Å²) in [5.41, 5.74) is 0.696. The van der Waals surface area contributed by atoms with Crippen LogP contribution in [0, 0.1) is 0 Å². The van der Waals surface area contributed by atoms with Gasteiger partial charge in [-0.25, -0.2) is 0 Å². The van der Waals surface area contributed by atoms with Crippen molar-refractivity contribution in [1.29, 1.82) is 0 Å². The predicted molar refractivity (Wildman–Crippen MR) is 124 cm³/mol. The normalized spacial score (nSPS) is 13.2. The van der Waals surface area contributed by atoms with Crippen molar-refractivity contribution in [2.75, 3.05) is 11.1 Å². The van der Waals surface area contributed by atoms with E-state index in [1.165, 1.54) is 11.8 Å². The summed E-state index contributed by atoms with van der Waals surface area (Å²) in [6.07, 6.45) is 2.26. The number of nitrogens with one attached hydrogen (secondary N) is 1. The SMILES string of the molecule is O=C(CSc1nnc(-c2cccs2)n1C1CC1)Nc1cccc(Oc2ccccc2)c1. The molecular weight excluding hydrogens is 428 g/mol. The highest BCUT2D eigenvalue weighted by atomic mass is 32.2. The summed E-state index contributed by atoms with van der Waals surface area (Å²) in [6.45, 7) is 0. The number of thiophene rings is 1. The lowest BCUT2D eigenvalue weighted by Gasteiger charge is -2.10. The molecule has 0 spiro atoms. The van der Waals surface area contributed by atoms with E-state index in [-0.39, 0.29) is 11.7 Å². The zero-order valence-corrected chi connectivity index (χ0v) is 18.2. The third kappa shape index (κ3) is 4.81. The highest BCUT2D eigenvalue weighted by Gasteiger charge is 2.30. The number of ether oxygens (including phenoxy) is 1. The molecule has 2 aromatic heterocycles. The number of para-hydroxylation sites is 1. The molecule has 0 radical (unpaired) electrons. The minimum Gasteiger partial charge on any atom is -0.457 e. The molecule has 0 atom stereocenters. The molecule has 1 N–H and O–H groups in total. The number of hydrogen-bond donors (Lipinski definition) is 1. The highest BCUT2D eigenvalue weighted by Crippen LogP contribution is 2.41. The topological polar surface area (TPSA) is 69.0 Å². The van der Waals surface area contributed by atoms with Crippen LogP contribution >= 0.6 is 23.1 Å². The molecule has 2 heterocycles. The second-order valence-electron chi connectivity index (χ2n) is 7.16. The van der Waals surface area contributed by atoms with Crippen molar-refractivity contribution in [2.45, 2.75) is 24.0 Å². The van der Waals surface area contributed by atoms with Crippen LogP contribution in [0.4, 0.5) is 5.69 Å². The highest BCUT2D eigenvalue weighted by molar-refractivity contribution is 7.99. The number of benzene rings is 2. The zero-order valence-electron chi connectivity index (χ0n) is 16.6. The first-order valence-corrected chi connectivity index (χ1v) is 11.9. The van der Waals surface area contributed by atoms with E-state index >= 15 is 0 Å². The van der Waals surface area contributed by atoms with Gasteiger partial charge in [-0.1, -0.05) is 42.1 Å². The second-order valence-corrected chi connectivity index (χ2v) is 9.05. The van der Waals surface area contributed by atoms with Crippen molar-refractivity contribution >= 4 is 34.7 Å².